The minimum absolute atomic E-state index is 0.000722. The molecule has 2 aliphatic carbocycles. The van der Waals surface area contributed by atoms with Crippen LogP contribution in [0, 0.1) is 0 Å². The Bertz CT molecular complexity index is 955. The molecular weight excluding hydrogens is 404 g/mol. The number of aliphatic imine (C=N–C) groups is 2. The predicted molar refractivity (Wildman–Crippen MR) is 118 cm³/mol. The lowest BCUT2D eigenvalue weighted by Gasteiger charge is -2.18. The zero-order valence-corrected chi connectivity index (χ0v) is 17.7. The van der Waals surface area contributed by atoms with Gasteiger partial charge < -0.3 is 10.4 Å². The van der Waals surface area contributed by atoms with Crippen molar-refractivity contribution in [2.75, 3.05) is 26.2 Å². The highest BCUT2D eigenvalue weighted by molar-refractivity contribution is 7.93. The van der Waals surface area contributed by atoms with Crippen molar-refractivity contribution in [2.24, 2.45) is 9.98 Å². The largest absolute Gasteiger partial charge is 0.394 e. The lowest BCUT2D eigenvalue weighted by molar-refractivity contribution is -0.117. The average molecular weight is 433 g/mol. The van der Waals surface area contributed by atoms with E-state index in [1.807, 2.05) is 18.4 Å². The minimum atomic E-state index is -3.53. The van der Waals surface area contributed by atoms with Crippen LogP contribution in [0.1, 0.15) is 38.5 Å². The number of nitrogens with zero attached hydrogens (tertiary/aromatic N) is 2. The number of dihydropyridines is 1. The maximum absolute atomic E-state index is 12.6. The number of sulfonamides is 1. The van der Waals surface area contributed by atoms with Crippen LogP contribution in [0.5, 0.6) is 0 Å². The second kappa shape index (κ2) is 10.6. The summed E-state index contributed by atoms with van der Waals surface area (Å²) in [5.74, 6) is -0.125. The fourth-order valence-corrected chi connectivity index (χ4v) is 4.64. The van der Waals surface area contributed by atoms with Gasteiger partial charge in [0, 0.05) is 42.6 Å². The van der Waals surface area contributed by atoms with Gasteiger partial charge in [-0.2, -0.15) is 0 Å². The van der Waals surface area contributed by atoms with Gasteiger partial charge in [0.25, 0.3) is 5.91 Å². The molecule has 3 rings (SSSR count). The molecule has 1 amide bonds. The Labute approximate surface area is 177 Å². The Hall–Kier alpha value is -2.36. The number of carbonyl (C=O) groups excluding carboxylic acids is 1. The highest BCUT2D eigenvalue weighted by Crippen LogP contribution is 2.22. The molecule has 3 N–H and O–H groups in total. The first kappa shape index (κ1) is 22.3. The maximum Gasteiger partial charge on any atom is 0.251 e. The highest BCUT2D eigenvalue weighted by Gasteiger charge is 2.22. The fourth-order valence-electron chi connectivity index (χ4n) is 3.41. The van der Waals surface area contributed by atoms with E-state index < -0.39 is 10.0 Å². The molecule has 162 valence electrons. The van der Waals surface area contributed by atoms with Crippen LogP contribution in [-0.4, -0.2) is 57.6 Å². The van der Waals surface area contributed by atoms with Gasteiger partial charge in [-0.15, -0.1) is 0 Å². The molecule has 0 saturated heterocycles. The van der Waals surface area contributed by atoms with Gasteiger partial charge in [-0.25, -0.2) is 13.1 Å². The van der Waals surface area contributed by atoms with Crippen molar-refractivity contribution in [3.63, 3.8) is 0 Å². The fraction of sp³-hybridized carbons (Fsp3) is 0.476. The van der Waals surface area contributed by atoms with Crippen LogP contribution < -0.4 is 10.0 Å². The van der Waals surface area contributed by atoms with Crippen LogP contribution in [-0.2, 0) is 14.8 Å². The van der Waals surface area contributed by atoms with E-state index in [-0.39, 0.29) is 19.1 Å². The van der Waals surface area contributed by atoms with E-state index in [0.717, 1.165) is 23.4 Å². The van der Waals surface area contributed by atoms with Crippen molar-refractivity contribution in [3.05, 3.63) is 46.1 Å². The summed E-state index contributed by atoms with van der Waals surface area (Å²) in [4.78, 5) is 21.1. The molecule has 3 aliphatic rings. The molecule has 0 aromatic carbocycles. The van der Waals surface area contributed by atoms with E-state index in [2.05, 4.69) is 20.0 Å². The molecule has 30 heavy (non-hydrogen) atoms. The summed E-state index contributed by atoms with van der Waals surface area (Å²) >= 11 is 0. The number of aliphatic hydroxyl groups is 1. The Morgan fingerprint density at radius 2 is 2.03 bits per heavy atom. The van der Waals surface area contributed by atoms with Gasteiger partial charge in [0.05, 0.1) is 24.6 Å². The monoisotopic (exact) mass is 432 g/mol. The number of hydrogen-bond acceptors (Lipinski definition) is 6. The third-order valence-electron chi connectivity index (χ3n) is 5.16. The summed E-state index contributed by atoms with van der Waals surface area (Å²) in [5.41, 5.74) is 3.36. The number of rotatable bonds is 8. The minimum Gasteiger partial charge on any atom is -0.394 e. The van der Waals surface area contributed by atoms with Crippen molar-refractivity contribution in [3.8, 4) is 0 Å². The zero-order valence-electron chi connectivity index (χ0n) is 16.9. The molecule has 1 heterocycles. The number of nitrogens with one attached hydrogen (secondary N) is 2. The highest BCUT2D eigenvalue weighted by atomic mass is 32.2. The topological polar surface area (TPSA) is 120 Å². The smallest absolute Gasteiger partial charge is 0.251 e. The molecule has 0 spiro atoms. The number of hydrogen-bond donors (Lipinski definition) is 3. The van der Waals surface area contributed by atoms with E-state index in [1.54, 1.807) is 12.2 Å². The van der Waals surface area contributed by atoms with Crippen LogP contribution >= 0.6 is 0 Å². The summed E-state index contributed by atoms with van der Waals surface area (Å²) in [5, 5.41) is 11.7. The van der Waals surface area contributed by atoms with Gasteiger partial charge in [0.1, 0.15) is 0 Å². The SMILES string of the molecule is O=C(NC1=CCC=NC1)C1=CC=C(CNS(=O)(=O)C2=CCC(=NCCO)CC2)CC1. The van der Waals surface area contributed by atoms with Crippen molar-refractivity contribution < 1.29 is 18.3 Å². The summed E-state index contributed by atoms with van der Waals surface area (Å²) in [6.45, 7) is 1.08. The molecular formula is C21H28N4O4S. The van der Waals surface area contributed by atoms with E-state index in [4.69, 9.17) is 5.11 Å². The molecule has 0 atom stereocenters. The van der Waals surface area contributed by atoms with Crippen LogP contribution in [0.2, 0.25) is 0 Å². The summed E-state index contributed by atoms with van der Waals surface area (Å²) in [7, 11) is -3.53. The van der Waals surface area contributed by atoms with Crippen molar-refractivity contribution in [1.82, 2.24) is 10.0 Å². The van der Waals surface area contributed by atoms with Gasteiger partial charge in [0.2, 0.25) is 10.0 Å². The van der Waals surface area contributed by atoms with Crippen LogP contribution in [0.15, 0.2) is 56.0 Å². The quantitative estimate of drug-likeness (QED) is 0.539. The first-order valence-electron chi connectivity index (χ1n) is 10.2. The molecule has 9 heteroatoms. The third kappa shape index (κ3) is 6.32. The molecule has 0 unspecified atom stereocenters. The number of amides is 1. The molecule has 0 aromatic rings. The summed E-state index contributed by atoms with van der Waals surface area (Å²) in [6.07, 6.45) is 12.5. The lowest BCUT2D eigenvalue weighted by Crippen LogP contribution is -2.30. The van der Waals surface area contributed by atoms with Gasteiger partial charge in [-0.3, -0.25) is 14.8 Å². The van der Waals surface area contributed by atoms with E-state index in [1.165, 1.54) is 0 Å². The maximum atomic E-state index is 12.6. The number of aliphatic hydroxyl groups excluding tert-OH is 1. The standard InChI is InChI=1S/C21H28N4O4S/c26-13-12-23-18-7-9-20(10-8-18)30(28,29)24-14-16-3-5-17(6-4-16)21(27)25-19-2-1-11-22-15-19/h2-3,5,9,11,24,26H,1,4,6-8,10,12-15H2,(H,25,27). The average Bonchev–Trinajstić information content (AvgIpc) is 2.77. The van der Waals surface area contributed by atoms with Crippen molar-refractivity contribution in [1.29, 1.82) is 0 Å². The lowest BCUT2D eigenvalue weighted by atomic mass is 9.98. The third-order valence-corrected chi connectivity index (χ3v) is 6.74. The van der Waals surface area contributed by atoms with Gasteiger partial charge >= 0.3 is 0 Å². The van der Waals surface area contributed by atoms with Crippen LogP contribution in [0.25, 0.3) is 0 Å². The van der Waals surface area contributed by atoms with Gasteiger partial charge in [-0.1, -0.05) is 29.9 Å². The second-order valence-electron chi connectivity index (χ2n) is 7.33. The van der Waals surface area contributed by atoms with E-state index >= 15 is 0 Å². The van der Waals surface area contributed by atoms with Crippen molar-refractivity contribution in [2.45, 2.75) is 38.5 Å². The molecule has 0 fully saturated rings. The van der Waals surface area contributed by atoms with Crippen LogP contribution in [0.4, 0.5) is 0 Å². The molecule has 1 aliphatic heterocycles. The number of carbonyl (C=O) groups is 1. The Morgan fingerprint density at radius 1 is 1.17 bits per heavy atom. The molecule has 0 saturated carbocycles. The molecule has 0 aromatic heterocycles. The van der Waals surface area contributed by atoms with Crippen molar-refractivity contribution >= 4 is 27.9 Å². The van der Waals surface area contributed by atoms with E-state index in [9.17, 15) is 13.2 Å². The Balaban J connectivity index is 1.51. The van der Waals surface area contributed by atoms with Gasteiger partial charge in [0.15, 0.2) is 0 Å². The zero-order chi connectivity index (χ0) is 21.4. The molecule has 0 radical (unpaired) electrons. The van der Waals surface area contributed by atoms with Crippen LogP contribution in [0.3, 0.4) is 0 Å². The Kier molecular flexibility index (Phi) is 7.89. The first-order chi connectivity index (χ1) is 14.5. The van der Waals surface area contributed by atoms with E-state index in [0.29, 0.717) is 55.7 Å². The first-order valence-corrected chi connectivity index (χ1v) is 11.7. The predicted octanol–water partition coefficient (Wildman–Crippen LogP) is 1.53. The Morgan fingerprint density at radius 3 is 2.67 bits per heavy atom. The normalized spacial score (nSPS) is 20.9. The molecule has 8 nitrogen and oxygen atoms in total. The summed E-state index contributed by atoms with van der Waals surface area (Å²) in [6, 6.07) is 0. The summed E-state index contributed by atoms with van der Waals surface area (Å²) < 4.78 is 27.8. The second-order valence-corrected chi connectivity index (χ2v) is 9.15. The van der Waals surface area contributed by atoms with Gasteiger partial charge in [-0.05, 0) is 25.7 Å². The molecule has 0 bridgehead atoms. The number of allylic oxidation sites excluding steroid dienone is 5.